The molecule has 0 atom stereocenters. The molecule has 0 spiro atoms. The fraction of sp³-hybridized carbons (Fsp3) is 0.300. The number of nitrogens with zero attached hydrogens (tertiary/aromatic N) is 3. The van der Waals surface area contributed by atoms with Crippen LogP contribution in [0.5, 0.6) is 0 Å². The van der Waals surface area contributed by atoms with E-state index in [9.17, 15) is 18.5 Å². The van der Waals surface area contributed by atoms with Gasteiger partial charge in [-0.3, -0.25) is 14.8 Å². The van der Waals surface area contributed by atoms with Gasteiger partial charge in [-0.15, -0.1) is 11.3 Å². The first kappa shape index (κ1) is 15.9. The first-order chi connectivity index (χ1) is 9.70. The highest BCUT2D eigenvalue weighted by atomic mass is 35.5. The van der Waals surface area contributed by atoms with E-state index in [0.717, 1.165) is 11.6 Å². The molecule has 0 aliphatic heterocycles. The zero-order valence-corrected chi connectivity index (χ0v) is 13.4. The molecule has 0 saturated heterocycles. The largest absolute Gasteiger partial charge is 0.300 e. The Kier molecular flexibility index (Phi) is 4.33. The molecule has 0 unspecified atom stereocenters. The molecule has 2 rings (SSSR count). The van der Waals surface area contributed by atoms with Gasteiger partial charge in [-0.2, -0.15) is 5.10 Å². The first-order valence-electron chi connectivity index (χ1n) is 5.63. The third-order valence-corrected chi connectivity index (χ3v) is 5.89. The third-order valence-electron chi connectivity index (χ3n) is 2.68. The number of halogens is 1. The Morgan fingerprint density at radius 2 is 2.24 bits per heavy atom. The summed E-state index contributed by atoms with van der Waals surface area (Å²) < 4.78 is 27.8. The van der Waals surface area contributed by atoms with Crippen LogP contribution in [0, 0.1) is 17.0 Å². The number of rotatable bonds is 5. The van der Waals surface area contributed by atoms with Crippen molar-refractivity contribution < 1.29 is 13.3 Å². The molecule has 1 N–H and O–H groups in total. The molecule has 0 amide bonds. The van der Waals surface area contributed by atoms with Gasteiger partial charge in [-0.1, -0.05) is 11.6 Å². The Labute approximate surface area is 129 Å². The van der Waals surface area contributed by atoms with E-state index in [1.807, 2.05) is 0 Å². The molecule has 2 aromatic rings. The quantitative estimate of drug-likeness (QED) is 0.653. The summed E-state index contributed by atoms with van der Waals surface area (Å²) >= 11 is 6.31. The minimum Gasteiger partial charge on any atom is -0.275 e. The van der Waals surface area contributed by atoms with Gasteiger partial charge in [-0.05, 0) is 6.92 Å². The number of thiophene rings is 1. The molecule has 0 bridgehead atoms. The standard InChI is InChI=1S/C10H11ClN4O4S2/c1-6-7(5-14(2)13-6)4-12-21(18,19)9-3-8(15(16)17)10(11)20-9/h3,5,12H,4H2,1-2H3. The van der Waals surface area contributed by atoms with Crippen molar-refractivity contribution in [2.75, 3.05) is 0 Å². The smallest absolute Gasteiger partial charge is 0.275 e. The van der Waals surface area contributed by atoms with E-state index in [0.29, 0.717) is 17.0 Å². The molecular formula is C10H11ClN4O4S2. The minimum absolute atomic E-state index is 0.0469. The summed E-state index contributed by atoms with van der Waals surface area (Å²) in [6.07, 6.45) is 1.70. The SMILES string of the molecule is Cc1nn(C)cc1CNS(=O)(=O)c1cc([N+](=O)[O-])c(Cl)s1. The van der Waals surface area contributed by atoms with Crippen molar-refractivity contribution in [3.05, 3.63) is 38.0 Å². The lowest BCUT2D eigenvalue weighted by atomic mass is 10.3. The van der Waals surface area contributed by atoms with Crippen molar-refractivity contribution in [3.63, 3.8) is 0 Å². The topological polar surface area (TPSA) is 107 Å². The van der Waals surface area contributed by atoms with Gasteiger partial charge < -0.3 is 0 Å². The maximum absolute atomic E-state index is 12.1. The molecule has 0 aliphatic rings. The molecule has 0 aliphatic carbocycles. The zero-order valence-electron chi connectivity index (χ0n) is 11.0. The second-order valence-corrected chi connectivity index (χ2v) is 7.87. The van der Waals surface area contributed by atoms with Crippen molar-refractivity contribution in [3.8, 4) is 0 Å². The lowest BCUT2D eigenvalue weighted by Crippen LogP contribution is -2.22. The second kappa shape index (κ2) is 5.72. The van der Waals surface area contributed by atoms with Crippen LogP contribution in [0.3, 0.4) is 0 Å². The van der Waals surface area contributed by atoms with Crippen molar-refractivity contribution in [2.45, 2.75) is 17.7 Å². The molecule has 11 heteroatoms. The van der Waals surface area contributed by atoms with Gasteiger partial charge in [-0.25, -0.2) is 13.1 Å². The Hall–Kier alpha value is -1.49. The maximum atomic E-state index is 12.1. The molecule has 0 radical (unpaired) electrons. The molecule has 8 nitrogen and oxygen atoms in total. The minimum atomic E-state index is -3.86. The average molecular weight is 351 g/mol. The molecule has 114 valence electrons. The van der Waals surface area contributed by atoms with Crippen LogP contribution in [0.4, 0.5) is 5.69 Å². The summed E-state index contributed by atoms with van der Waals surface area (Å²) in [6.45, 7) is 1.81. The Balaban J connectivity index is 2.21. The van der Waals surface area contributed by atoms with Gasteiger partial charge >= 0.3 is 0 Å². The van der Waals surface area contributed by atoms with Crippen LogP contribution in [-0.4, -0.2) is 23.1 Å². The lowest BCUT2D eigenvalue weighted by molar-refractivity contribution is -0.384. The second-order valence-electron chi connectivity index (χ2n) is 4.22. The summed E-state index contributed by atoms with van der Waals surface area (Å²) in [4.78, 5) is 9.97. The van der Waals surface area contributed by atoms with E-state index in [1.54, 1.807) is 24.9 Å². The normalized spacial score (nSPS) is 11.8. The summed E-state index contributed by atoms with van der Waals surface area (Å²) in [5.74, 6) is 0. The van der Waals surface area contributed by atoms with Crippen molar-refractivity contribution in [1.29, 1.82) is 0 Å². The number of nitrogens with one attached hydrogen (secondary N) is 1. The van der Waals surface area contributed by atoms with Gasteiger partial charge in [0.1, 0.15) is 4.21 Å². The number of hydrogen-bond acceptors (Lipinski definition) is 6. The Morgan fingerprint density at radius 1 is 1.57 bits per heavy atom. The van der Waals surface area contributed by atoms with Gasteiger partial charge in [0.25, 0.3) is 15.7 Å². The van der Waals surface area contributed by atoms with Crippen LogP contribution in [0.1, 0.15) is 11.3 Å². The molecule has 0 fully saturated rings. The van der Waals surface area contributed by atoms with E-state index < -0.39 is 20.6 Å². The Bertz CT molecular complexity index is 796. The van der Waals surface area contributed by atoms with Gasteiger partial charge in [0.15, 0.2) is 4.34 Å². The van der Waals surface area contributed by atoms with Gasteiger partial charge in [0, 0.05) is 31.4 Å². The monoisotopic (exact) mass is 350 g/mol. The Morgan fingerprint density at radius 3 is 2.71 bits per heavy atom. The van der Waals surface area contributed by atoms with E-state index >= 15 is 0 Å². The highest BCUT2D eigenvalue weighted by molar-refractivity contribution is 7.91. The van der Waals surface area contributed by atoms with Gasteiger partial charge in [0.05, 0.1) is 10.6 Å². The summed E-state index contributed by atoms with van der Waals surface area (Å²) in [5.41, 5.74) is 1.01. The molecule has 0 aromatic carbocycles. The van der Waals surface area contributed by atoms with Crippen LogP contribution in [0.15, 0.2) is 16.5 Å². The highest BCUT2D eigenvalue weighted by Gasteiger charge is 2.25. The number of nitro groups is 1. The van der Waals surface area contributed by atoms with Crippen molar-refractivity contribution in [1.82, 2.24) is 14.5 Å². The fourth-order valence-electron chi connectivity index (χ4n) is 1.66. The van der Waals surface area contributed by atoms with Crippen LogP contribution >= 0.6 is 22.9 Å². The predicted octanol–water partition coefficient (Wildman–Crippen LogP) is 1.83. The molecule has 0 saturated carbocycles. The summed E-state index contributed by atoms with van der Waals surface area (Å²) in [6, 6.07) is 0.950. The zero-order chi connectivity index (χ0) is 15.8. The molecular weight excluding hydrogens is 340 g/mol. The van der Waals surface area contributed by atoms with E-state index in [-0.39, 0.29) is 15.1 Å². The van der Waals surface area contributed by atoms with Gasteiger partial charge in [0.2, 0.25) is 0 Å². The maximum Gasteiger partial charge on any atom is 0.300 e. The number of aryl methyl sites for hydroxylation is 2. The highest BCUT2D eigenvalue weighted by Crippen LogP contribution is 2.36. The number of hydrogen-bond donors (Lipinski definition) is 1. The van der Waals surface area contributed by atoms with Crippen molar-refractivity contribution in [2.24, 2.45) is 7.05 Å². The first-order valence-corrected chi connectivity index (χ1v) is 8.31. The molecule has 2 aromatic heterocycles. The predicted molar refractivity (Wildman–Crippen MR) is 78.0 cm³/mol. The molecule has 21 heavy (non-hydrogen) atoms. The van der Waals surface area contributed by atoms with Crippen LogP contribution in [-0.2, 0) is 23.6 Å². The van der Waals surface area contributed by atoms with Crippen molar-refractivity contribution >= 4 is 38.6 Å². The van der Waals surface area contributed by atoms with E-state index in [1.165, 1.54) is 0 Å². The molecule has 2 heterocycles. The van der Waals surface area contributed by atoms with Crippen LogP contribution < -0.4 is 4.72 Å². The summed E-state index contributed by atoms with van der Waals surface area (Å²) in [5, 5.41) is 14.8. The third kappa shape index (κ3) is 3.40. The average Bonchev–Trinajstić information content (AvgIpc) is 2.90. The lowest BCUT2D eigenvalue weighted by Gasteiger charge is -2.03. The number of aromatic nitrogens is 2. The fourth-order valence-corrected chi connectivity index (χ4v) is 4.38. The van der Waals surface area contributed by atoms with E-state index in [2.05, 4.69) is 9.82 Å². The number of sulfonamides is 1. The van der Waals surface area contributed by atoms with E-state index in [4.69, 9.17) is 11.6 Å². The summed E-state index contributed by atoms with van der Waals surface area (Å²) in [7, 11) is -2.13. The van der Waals surface area contributed by atoms with Crippen LogP contribution in [0.2, 0.25) is 4.34 Å². The van der Waals surface area contributed by atoms with Crippen LogP contribution in [0.25, 0.3) is 0 Å².